The van der Waals surface area contributed by atoms with Gasteiger partial charge in [-0.15, -0.1) is 0 Å². The number of aromatic nitrogens is 2. The molecular weight excluding hydrogens is 306 g/mol. The van der Waals surface area contributed by atoms with Crippen molar-refractivity contribution in [3.05, 3.63) is 62.8 Å². The quantitative estimate of drug-likeness (QED) is 0.879. The maximum atomic E-state index is 14.2. The van der Waals surface area contributed by atoms with Crippen molar-refractivity contribution >= 4 is 5.97 Å². The molecule has 2 rings (SSSR count). The van der Waals surface area contributed by atoms with E-state index in [1.165, 1.54) is 19.1 Å². The van der Waals surface area contributed by atoms with Crippen LogP contribution in [0.5, 0.6) is 0 Å². The number of halogens is 2. The second kappa shape index (κ2) is 6.68. The van der Waals surface area contributed by atoms with Crippen LogP contribution in [0.1, 0.15) is 47.4 Å². The fourth-order valence-electron chi connectivity index (χ4n) is 2.13. The highest BCUT2D eigenvalue weighted by Crippen LogP contribution is 2.21. The summed E-state index contributed by atoms with van der Waals surface area (Å²) in [6, 6.07) is 3.59. The lowest BCUT2D eigenvalue weighted by atomic mass is 10.1. The Morgan fingerprint density at radius 2 is 2.09 bits per heavy atom. The van der Waals surface area contributed by atoms with Crippen molar-refractivity contribution < 1.29 is 18.3 Å². The summed E-state index contributed by atoms with van der Waals surface area (Å²) in [5, 5.41) is 0. The van der Waals surface area contributed by atoms with E-state index in [9.17, 15) is 18.4 Å². The van der Waals surface area contributed by atoms with E-state index in [4.69, 9.17) is 4.74 Å². The van der Waals surface area contributed by atoms with Crippen LogP contribution < -0.4 is 5.56 Å². The predicted octanol–water partition coefficient (Wildman–Crippen LogP) is 2.84. The molecule has 0 bridgehead atoms. The van der Waals surface area contributed by atoms with Gasteiger partial charge in [-0.05, 0) is 31.9 Å². The standard InChI is InChI=1S/C16H16F2N2O3/c1-4-10-5-6-11(17)13(14(10)18)16(22)23-9(3)15-19-8(2)7-12(21)20-15/h5-7,9H,4H2,1-3H3,(H,19,20,21). The molecule has 1 atom stereocenters. The summed E-state index contributed by atoms with van der Waals surface area (Å²) in [5.41, 5.74) is -0.489. The van der Waals surface area contributed by atoms with E-state index in [-0.39, 0.29) is 11.4 Å². The number of ether oxygens (including phenoxy) is 1. The third-order valence-electron chi connectivity index (χ3n) is 3.31. The Labute approximate surface area is 131 Å². The smallest absolute Gasteiger partial charge is 0.344 e. The maximum absolute atomic E-state index is 14.2. The summed E-state index contributed by atoms with van der Waals surface area (Å²) in [4.78, 5) is 30.0. The molecule has 0 aliphatic carbocycles. The highest BCUT2D eigenvalue weighted by atomic mass is 19.1. The molecule has 0 aliphatic rings. The SMILES string of the molecule is CCc1ccc(F)c(C(=O)OC(C)c2nc(C)cc(=O)[nH]2)c1F. The van der Waals surface area contributed by atoms with Crippen molar-refractivity contribution in [1.29, 1.82) is 0 Å². The lowest BCUT2D eigenvalue weighted by Gasteiger charge is -2.14. The third-order valence-corrected chi connectivity index (χ3v) is 3.31. The molecule has 122 valence electrons. The van der Waals surface area contributed by atoms with Gasteiger partial charge in [-0.1, -0.05) is 13.0 Å². The molecule has 5 nitrogen and oxygen atoms in total. The number of nitrogens with one attached hydrogen (secondary N) is 1. The summed E-state index contributed by atoms with van der Waals surface area (Å²) < 4.78 is 33.0. The fourth-order valence-corrected chi connectivity index (χ4v) is 2.13. The number of rotatable bonds is 4. The molecule has 0 saturated carbocycles. The van der Waals surface area contributed by atoms with Crippen LogP contribution >= 0.6 is 0 Å². The number of benzene rings is 1. The largest absolute Gasteiger partial charge is 0.451 e. The third kappa shape index (κ3) is 3.61. The first-order valence-corrected chi connectivity index (χ1v) is 7.09. The number of aryl methyl sites for hydroxylation is 2. The molecule has 0 spiro atoms. The van der Waals surface area contributed by atoms with Gasteiger partial charge in [0.15, 0.2) is 6.10 Å². The van der Waals surface area contributed by atoms with Gasteiger partial charge in [0.05, 0.1) is 0 Å². The predicted molar refractivity (Wildman–Crippen MR) is 79.2 cm³/mol. The first-order chi connectivity index (χ1) is 10.8. The molecular formula is C16H16F2N2O3. The van der Waals surface area contributed by atoms with Crippen LogP contribution in [0.15, 0.2) is 23.0 Å². The number of carbonyl (C=O) groups is 1. The van der Waals surface area contributed by atoms with Crippen LogP contribution in [0, 0.1) is 18.6 Å². The summed E-state index contributed by atoms with van der Waals surface area (Å²) in [6.07, 6.45) is -0.645. The van der Waals surface area contributed by atoms with Crippen LogP contribution in [0.3, 0.4) is 0 Å². The number of hydrogen-bond donors (Lipinski definition) is 1. The van der Waals surface area contributed by atoms with E-state index in [1.807, 2.05) is 0 Å². The minimum absolute atomic E-state index is 0.107. The molecule has 0 saturated heterocycles. The Hall–Kier alpha value is -2.57. The zero-order valence-corrected chi connectivity index (χ0v) is 12.9. The average molecular weight is 322 g/mol. The lowest BCUT2D eigenvalue weighted by molar-refractivity contribution is 0.0307. The second-order valence-electron chi connectivity index (χ2n) is 5.07. The summed E-state index contributed by atoms with van der Waals surface area (Å²) in [5.74, 6) is -2.97. The minimum atomic E-state index is -1.15. The Morgan fingerprint density at radius 3 is 2.70 bits per heavy atom. The van der Waals surface area contributed by atoms with Crippen molar-refractivity contribution in [2.45, 2.75) is 33.3 Å². The van der Waals surface area contributed by atoms with Gasteiger partial charge in [0.2, 0.25) is 0 Å². The summed E-state index contributed by atoms with van der Waals surface area (Å²) in [6.45, 7) is 4.75. The lowest BCUT2D eigenvalue weighted by Crippen LogP contribution is -2.19. The van der Waals surface area contributed by atoms with Crippen molar-refractivity contribution in [2.75, 3.05) is 0 Å². The van der Waals surface area contributed by atoms with Crippen LogP contribution in [-0.2, 0) is 11.2 Å². The topological polar surface area (TPSA) is 72.0 Å². The normalized spacial score (nSPS) is 12.0. The molecule has 0 radical (unpaired) electrons. The maximum Gasteiger partial charge on any atom is 0.344 e. The zero-order chi connectivity index (χ0) is 17.1. The molecule has 1 aromatic heterocycles. The van der Waals surface area contributed by atoms with E-state index in [0.717, 1.165) is 6.07 Å². The Morgan fingerprint density at radius 1 is 1.39 bits per heavy atom. The van der Waals surface area contributed by atoms with E-state index in [1.54, 1.807) is 13.8 Å². The monoisotopic (exact) mass is 322 g/mol. The van der Waals surface area contributed by atoms with Gasteiger partial charge in [0.1, 0.15) is 23.0 Å². The summed E-state index contributed by atoms with van der Waals surface area (Å²) >= 11 is 0. The van der Waals surface area contributed by atoms with Crippen LogP contribution in [0.4, 0.5) is 8.78 Å². The van der Waals surface area contributed by atoms with Crippen molar-refractivity contribution in [3.63, 3.8) is 0 Å². The molecule has 1 N–H and O–H groups in total. The van der Waals surface area contributed by atoms with Crippen LogP contribution in [-0.4, -0.2) is 15.9 Å². The van der Waals surface area contributed by atoms with Gasteiger partial charge in [-0.2, -0.15) is 0 Å². The number of aromatic amines is 1. The number of H-pyrrole nitrogens is 1. The van der Waals surface area contributed by atoms with Gasteiger partial charge in [-0.25, -0.2) is 18.6 Å². The first-order valence-electron chi connectivity index (χ1n) is 7.09. The highest BCUT2D eigenvalue weighted by Gasteiger charge is 2.24. The number of carbonyl (C=O) groups excluding carboxylic acids is 1. The van der Waals surface area contributed by atoms with Gasteiger partial charge < -0.3 is 9.72 Å². The van der Waals surface area contributed by atoms with Crippen molar-refractivity contribution in [2.24, 2.45) is 0 Å². The minimum Gasteiger partial charge on any atom is -0.451 e. The number of hydrogen-bond acceptors (Lipinski definition) is 4. The Balaban J connectivity index is 2.30. The highest BCUT2D eigenvalue weighted by molar-refractivity contribution is 5.90. The molecule has 1 heterocycles. The molecule has 0 amide bonds. The Bertz CT molecular complexity index is 802. The van der Waals surface area contributed by atoms with E-state index >= 15 is 0 Å². The van der Waals surface area contributed by atoms with Gasteiger partial charge in [0.25, 0.3) is 5.56 Å². The van der Waals surface area contributed by atoms with Crippen molar-refractivity contribution in [3.8, 4) is 0 Å². The number of esters is 1. The van der Waals surface area contributed by atoms with Gasteiger partial charge >= 0.3 is 5.97 Å². The molecule has 1 unspecified atom stereocenters. The number of nitrogens with zero attached hydrogens (tertiary/aromatic N) is 1. The first kappa shape index (κ1) is 16.8. The van der Waals surface area contributed by atoms with Gasteiger partial charge in [0, 0.05) is 11.8 Å². The van der Waals surface area contributed by atoms with E-state index < -0.39 is 34.8 Å². The van der Waals surface area contributed by atoms with Crippen LogP contribution in [0.2, 0.25) is 0 Å². The molecule has 2 aromatic rings. The molecule has 0 aliphatic heterocycles. The fraction of sp³-hybridized carbons (Fsp3) is 0.312. The van der Waals surface area contributed by atoms with Gasteiger partial charge in [-0.3, -0.25) is 4.79 Å². The van der Waals surface area contributed by atoms with Crippen LogP contribution in [0.25, 0.3) is 0 Å². The molecule has 7 heteroatoms. The van der Waals surface area contributed by atoms with E-state index in [0.29, 0.717) is 12.1 Å². The zero-order valence-electron chi connectivity index (χ0n) is 12.9. The van der Waals surface area contributed by atoms with E-state index in [2.05, 4.69) is 9.97 Å². The molecule has 1 aromatic carbocycles. The molecule has 23 heavy (non-hydrogen) atoms. The summed E-state index contributed by atoms with van der Waals surface area (Å²) in [7, 11) is 0. The molecule has 0 fully saturated rings. The average Bonchev–Trinajstić information content (AvgIpc) is 2.46. The van der Waals surface area contributed by atoms with Crippen molar-refractivity contribution in [1.82, 2.24) is 9.97 Å². The second-order valence-corrected chi connectivity index (χ2v) is 5.07. The Kier molecular flexibility index (Phi) is 4.88.